The van der Waals surface area contributed by atoms with Gasteiger partial charge in [0.25, 0.3) is 0 Å². The third-order valence-corrected chi connectivity index (χ3v) is 2.99. The molecule has 0 atom stereocenters. The summed E-state index contributed by atoms with van der Waals surface area (Å²) in [6, 6.07) is 5.21. The fourth-order valence-corrected chi connectivity index (χ4v) is 1.89. The first-order valence-electron chi connectivity index (χ1n) is 5.55. The van der Waals surface area contributed by atoms with E-state index in [1.807, 2.05) is 19.2 Å². The van der Waals surface area contributed by atoms with Crippen molar-refractivity contribution in [3.63, 3.8) is 0 Å². The molecule has 1 aliphatic carbocycles. The zero-order valence-electron chi connectivity index (χ0n) is 9.13. The van der Waals surface area contributed by atoms with Crippen molar-refractivity contribution in [2.24, 2.45) is 0 Å². The van der Waals surface area contributed by atoms with Crippen LogP contribution in [0.15, 0.2) is 24.4 Å². The van der Waals surface area contributed by atoms with Crippen molar-refractivity contribution in [3.05, 3.63) is 41.5 Å². The lowest BCUT2D eigenvalue weighted by Crippen LogP contribution is -1.88. The lowest BCUT2D eigenvalue weighted by molar-refractivity contribution is 0.629. The van der Waals surface area contributed by atoms with Gasteiger partial charge in [-0.2, -0.15) is 0 Å². The lowest BCUT2D eigenvalue weighted by Gasteiger charge is -2.00. The number of aryl methyl sites for hydroxylation is 1. The highest BCUT2D eigenvalue weighted by atomic mass is 19.1. The van der Waals surface area contributed by atoms with Crippen LogP contribution in [0.4, 0.5) is 4.39 Å². The number of nitrogens with one attached hydrogen (secondary N) is 1. The van der Waals surface area contributed by atoms with Gasteiger partial charge in [0.1, 0.15) is 11.6 Å². The molecule has 2 aromatic rings. The van der Waals surface area contributed by atoms with Gasteiger partial charge >= 0.3 is 0 Å². The van der Waals surface area contributed by atoms with Crippen LogP contribution in [0.25, 0.3) is 11.4 Å². The van der Waals surface area contributed by atoms with Gasteiger partial charge < -0.3 is 4.98 Å². The summed E-state index contributed by atoms with van der Waals surface area (Å²) in [5, 5.41) is 0. The molecule has 16 heavy (non-hydrogen) atoms. The van der Waals surface area contributed by atoms with Gasteiger partial charge in [0.2, 0.25) is 0 Å². The first kappa shape index (κ1) is 9.58. The van der Waals surface area contributed by atoms with Crippen LogP contribution in [0.3, 0.4) is 0 Å². The van der Waals surface area contributed by atoms with Crippen molar-refractivity contribution in [2.45, 2.75) is 25.7 Å². The molecule has 0 unspecified atom stereocenters. The number of rotatable bonds is 2. The monoisotopic (exact) mass is 216 g/mol. The third kappa shape index (κ3) is 1.62. The SMILES string of the molecule is Cc1ccc(-c2ncc(C3CC3)[nH]2)c(F)c1. The number of nitrogens with zero attached hydrogens (tertiary/aromatic N) is 1. The fraction of sp³-hybridized carbons (Fsp3) is 0.308. The lowest BCUT2D eigenvalue weighted by atomic mass is 10.1. The molecule has 3 heteroatoms. The maximum atomic E-state index is 13.7. The minimum absolute atomic E-state index is 0.211. The van der Waals surface area contributed by atoms with Crippen molar-refractivity contribution >= 4 is 0 Å². The van der Waals surface area contributed by atoms with Gasteiger partial charge in [-0.15, -0.1) is 0 Å². The molecule has 0 aliphatic heterocycles. The summed E-state index contributed by atoms with van der Waals surface area (Å²) in [7, 11) is 0. The van der Waals surface area contributed by atoms with E-state index >= 15 is 0 Å². The van der Waals surface area contributed by atoms with E-state index in [-0.39, 0.29) is 5.82 Å². The van der Waals surface area contributed by atoms with Gasteiger partial charge in [-0.25, -0.2) is 9.37 Å². The van der Waals surface area contributed by atoms with Crippen molar-refractivity contribution in [1.29, 1.82) is 0 Å². The summed E-state index contributed by atoms with van der Waals surface area (Å²) < 4.78 is 13.7. The molecule has 1 fully saturated rings. The topological polar surface area (TPSA) is 28.7 Å². The van der Waals surface area contributed by atoms with Crippen molar-refractivity contribution in [1.82, 2.24) is 9.97 Å². The molecule has 1 heterocycles. The predicted octanol–water partition coefficient (Wildman–Crippen LogP) is 3.40. The highest BCUT2D eigenvalue weighted by molar-refractivity contribution is 5.57. The van der Waals surface area contributed by atoms with Crippen LogP contribution >= 0.6 is 0 Å². The molecule has 0 bridgehead atoms. The van der Waals surface area contributed by atoms with Gasteiger partial charge in [-0.05, 0) is 37.5 Å². The first-order valence-corrected chi connectivity index (χ1v) is 5.55. The van der Waals surface area contributed by atoms with Gasteiger partial charge in [0.05, 0.1) is 5.56 Å². The van der Waals surface area contributed by atoms with Crippen molar-refractivity contribution in [3.8, 4) is 11.4 Å². The van der Waals surface area contributed by atoms with E-state index < -0.39 is 0 Å². The van der Waals surface area contributed by atoms with E-state index in [0.29, 0.717) is 17.3 Å². The highest BCUT2D eigenvalue weighted by Crippen LogP contribution is 2.39. The van der Waals surface area contributed by atoms with Crippen LogP contribution in [0.1, 0.15) is 30.0 Å². The summed E-state index contributed by atoms with van der Waals surface area (Å²) in [5.74, 6) is 1.05. The van der Waals surface area contributed by atoms with Crippen molar-refractivity contribution in [2.75, 3.05) is 0 Å². The Labute approximate surface area is 93.5 Å². The van der Waals surface area contributed by atoms with E-state index in [1.165, 1.54) is 18.9 Å². The Morgan fingerprint density at radius 2 is 2.19 bits per heavy atom. The van der Waals surface area contributed by atoms with Crippen LogP contribution < -0.4 is 0 Å². The second kappa shape index (κ2) is 3.44. The summed E-state index contributed by atoms with van der Waals surface area (Å²) in [4.78, 5) is 7.44. The molecule has 2 nitrogen and oxygen atoms in total. The van der Waals surface area contributed by atoms with Crippen LogP contribution in [0, 0.1) is 12.7 Å². The highest BCUT2D eigenvalue weighted by Gasteiger charge is 2.25. The molecule has 0 spiro atoms. The number of hydrogen-bond acceptors (Lipinski definition) is 1. The van der Waals surface area contributed by atoms with Gasteiger partial charge in [-0.1, -0.05) is 6.07 Å². The Morgan fingerprint density at radius 3 is 2.88 bits per heavy atom. The Hall–Kier alpha value is -1.64. The predicted molar refractivity (Wildman–Crippen MR) is 60.7 cm³/mol. The Balaban J connectivity index is 2.00. The number of aromatic nitrogens is 2. The molecule has 82 valence electrons. The minimum atomic E-state index is -0.211. The second-order valence-electron chi connectivity index (χ2n) is 4.44. The van der Waals surface area contributed by atoms with E-state index in [9.17, 15) is 4.39 Å². The molecular weight excluding hydrogens is 203 g/mol. The quantitative estimate of drug-likeness (QED) is 0.818. The van der Waals surface area contributed by atoms with Gasteiger partial charge in [-0.3, -0.25) is 0 Å². The number of aromatic amines is 1. The number of hydrogen-bond donors (Lipinski definition) is 1. The summed E-state index contributed by atoms with van der Waals surface area (Å²) in [6.45, 7) is 1.88. The smallest absolute Gasteiger partial charge is 0.140 e. The van der Waals surface area contributed by atoms with Crippen molar-refractivity contribution < 1.29 is 4.39 Å². The molecule has 1 aromatic heterocycles. The normalized spacial score (nSPS) is 15.4. The zero-order valence-corrected chi connectivity index (χ0v) is 9.13. The Bertz CT molecular complexity index is 526. The van der Waals surface area contributed by atoms with Gasteiger partial charge in [0.15, 0.2) is 0 Å². The van der Waals surface area contributed by atoms with E-state index in [1.54, 1.807) is 6.07 Å². The number of imidazole rings is 1. The molecule has 1 N–H and O–H groups in total. The average Bonchev–Trinajstić information content (AvgIpc) is 2.98. The number of halogens is 1. The molecule has 1 aliphatic rings. The number of benzene rings is 1. The summed E-state index contributed by atoms with van der Waals surface area (Å²) in [6.07, 6.45) is 4.27. The van der Waals surface area contributed by atoms with Crippen LogP contribution in [-0.4, -0.2) is 9.97 Å². The fourth-order valence-electron chi connectivity index (χ4n) is 1.89. The minimum Gasteiger partial charge on any atom is -0.342 e. The standard InChI is InChI=1S/C13H13FN2/c1-8-2-5-10(11(14)6-8)13-15-7-12(16-13)9-3-4-9/h2,5-7,9H,3-4H2,1H3,(H,15,16). The first-order chi connectivity index (χ1) is 7.74. The van der Waals surface area contributed by atoms with Crippen LogP contribution in [-0.2, 0) is 0 Å². The third-order valence-electron chi connectivity index (χ3n) is 2.99. The molecule has 1 saturated carbocycles. The van der Waals surface area contributed by atoms with E-state index in [2.05, 4.69) is 9.97 Å². The van der Waals surface area contributed by atoms with Gasteiger partial charge in [0, 0.05) is 17.8 Å². The summed E-state index contributed by atoms with van der Waals surface area (Å²) in [5.41, 5.74) is 2.61. The molecular formula is C13H13FN2. The summed E-state index contributed by atoms with van der Waals surface area (Å²) >= 11 is 0. The van der Waals surface area contributed by atoms with E-state index in [4.69, 9.17) is 0 Å². The molecule has 1 aromatic carbocycles. The molecule has 0 saturated heterocycles. The average molecular weight is 216 g/mol. The van der Waals surface area contributed by atoms with Crippen LogP contribution in [0.2, 0.25) is 0 Å². The largest absolute Gasteiger partial charge is 0.342 e. The maximum absolute atomic E-state index is 13.7. The number of H-pyrrole nitrogens is 1. The zero-order chi connectivity index (χ0) is 11.1. The Kier molecular flexibility index (Phi) is 2.06. The molecule has 0 radical (unpaired) electrons. The van der Waals surface area contributed by atoms with Crippen LogP contribution in [0.5, 0.6) is 0 Å². The molecule has 0 amide bonds. The Morgan fingerprint density at radius 1 is 1.38 bits per heavy atom. The maximum Gasteiger partial charge on any atom is 0.140 e. The second-order valence-corrected chi connectivity index (χ2v) is 4.44. The van der Waals surface area contributed by atoms with E-state index in [0.717, 1.165) is 11.3 Å². The molecule has 3 rings (SSSR count).